The van der Waals surface area contributed by atoms with Crippen LogP contribution in [0.4, 0.5) is 0 Å². The number of nitrogens with one attached hydrogen (secondary N) is 14. The number of H-pyrrole nitrogens is 3. The summed E-state index contributed by atoms with van der Waals surface area (Å²) in [5, 5.41) is 78.0. The van der Waals surface area contributed by atoms with E-state index in [1.165, 1.54) is 32.0 Å². The smallest absolute Gasteiger partial charge is 0.326 e. The lowest BCUT2D eigenvalue weighted by Gasteiger charge is -2.30. The number of hydrogen-bond acceptors (Lipinski definition) is 20. The van der Waals surface area contributed by atoms with Crippen LogP contribution in [0.25, 0.3) is 10.9 Å². The predicted molar refractivity (Wildman–Crippen MR) is 370 cm³/mol. The molecule has 25 N–H and O–H groups in total. The molecular weight excluding hydrogens is 1350 g/mol. The maximum Gasteiger partial charge on any atom is 0.326 e. The molecule has 0 spiro atoms. The van der Waals surface area contributed by atoms with Crippen LogP contribution in [0.15, 0.2) is 60.5 Å². The van der Waals surface area contributed by atoms with Crippen LogP contribution in [0.5, 0.6) is 0 Å². The molecule has 3 aromatic heterocycles. The highest BCUT2D eigenvalue weighted by atomic mass is 16.4. The highest BCUT2D eigenvalue weighted by molar-refractivity contribution is 6.00. The van der Waals surface area contributed by atoms with Crippen molar-refractivity contribution < 1.29 is 87.9 Å². The molecule has 38 heteroatoms. The highest BCUT2D eigenvalue weighted by Gasteiger charge is 2.38. The molecule has 568 valence electrons. The lowest BCUT2D eigenvalue weighted by atomic mass is 9.96. The molecule has 11 amide bonds. The summed E-state index contributed by atoms with van der Waals surface area (Å²) < 4.78 is 0. The van der Waals surface area contributed by atoms with Crippen LogP contribution in [0.3, 0.4) is 0 Å². The number of para-hydroxylation sites is 1. The summed E-state index contributed by atoms with van der Waals surface area (Å²) in [7, 11) is 0. The Morgan fingerprint density at radius 2 is 0.951 bits per heavy atom. The Labute approximate surface area is 593 Å². The zero-order valence-corrected chi connectivity index (χ0v) is 58.7. The van der Waals surface area contributed by atoms with Crippen molar-refractivity contribution in [1.82, 2.24) is 83.4 Å². The molecule has 4 aromatic rings. The quantitative estimate of drug-likeness (QED) is 0.0112. The van der Waals surface area contributed by atoms with Gasteiger partial charge in [-0.15, -0.1) is 0 Å². The molecule has 0 aliphatic heterocycles. The number of aliphatic imine (C=N–C) groups is 1. The zero-order chi connectivity index (χ0) is 76.8. The minimum absolute atomic E-state index is 0.00591. The summed E-state index contributed by atoms with van der Waals surface area (Å²) in [6, 6.07) is -11.8. The van der Waals surface area contributed by atoms with E-state index in [9.17, 15) is 87.9 Å². The number of aromatic amines is 3. The molecule has 0 bridgehead atoms. The van der Waals surface area contributed by atoms with Crippen molar-refractivity contribution in [2.24, 2.45) is 39.9 Å². The van der Waals surface area contributed by atoms with Crippen LogP contribution in [0, 0.1) is 17.8 Å². The van der Waals surface area contributed by atoms with Gasteiger partial charge in [0.15, 0.2) is 5.96 Å². The number of hydrogen-bond donors (Lipinski definition) is 22. The van der Waals surface area contributed by atoms with E-state index in [2.05, 4.69) is 88.4 Å². The van der Waals surface area contributed by atoms with Crippen LogP contribution in [-0.2, 0) is 81.6 Å². The first-order chi connectivity index (χ1) is 48.7. The summed E-state index contributed by atoms with van der Waals surface area (Å²) in [6.07, 6.45) is 3.67. The molecule has 1 aromatic carbocycles. The Hall–Kier alpha value is -10.6. The van der Waals surface area contributed by atoms with Gasteiger partial charge in [0.1, 0.15) is 72.5 Å². The number of nitrogens with two attached hydrogens (primary N) is 3. The number of guanidine groups is 1. The molecule has 4 rings (SSSR count). The minimum Gasteiger partial charge on any atom is -0.481 e. The average molecular weight is 1450 g/mol. The van der Waals surface area contributed by atoms with Gasteiger partial charge in [-0.3, -0.25) is 62.5 Å². The number of aliphatic hydroxyl groups is 3. The fraction of sp³-hybridized carbons (Fsp3) is 0.569. The predicted octanol–water partition coefficient (Wildman–Crippen LogP) is -5.17. The molecular formula is C65H100N20O18. The Morgan fingerprint density at radius 3 is 1.46 bits per heavy atom. The molecule has 103 heavy (non-hydrogen) atoms. The summed E-state index contributed by atoms with van der Waals surface area (Å²) in [5.41, 5.74) is 18.7. The Balaban J connectivity index is 1.62. The Morgan fingerprint density at radius 1 is 0.515 bits per heavy atom. The van der Waals surface area contributed by atoms with Crippen molar-refractivity contribution in [2.75, 3.05) is 19.8 Å². The van der Waals surface area contributed by atoms with Crippen molar-refractivity contribution in [2.45, 2.75) is 198 Å². The first-order valence-electron chi connectivity index (χ1n) is 33.7. The van der Waals surface area contributed by atoms with Gasteiger partial charge >= 0.3 is 11.9 Å². The van der Waals surface area contributed by atoms with Crippen molar-refractivity contribution >= 4 is 93.8 Å². The SMILES string of the molecule is CC[C@H](C)[C@H](NC(=O)[C@H](CCCN=C(N)N)NC(=O)[C@H](Cc1cnc[nH]1)NC(=O)[C@@H](N)[C@@H](C)O)C(=O)N[C@@H](Cc1cnc[nH]1)C(=O)N[C@@H](Cc1c[nH]c2ccccc12)C(=O)N[C@@H](CCC(=O)O)C(=O)N[C@@H](CO)C(=O)N[C@@H](C)C(=O)N[C@@H](CO)C(=O)N[C@@H](CC(C)C)C(=O)N[C@@H](CC(C)C)C(=O)O. The monoisotopic (exact) mass is 1450 g/mol. The van der Waals surface area contributed by atoms with Crippen molar-refractivity contribution in [3.05, 3.63) is 72.5 Å². The second kappa shape index (κ2) is 42.0. The van der Waals surface area contributed by atoms with Crippen LogP contribution >= 0.6 is 0 Å². The van der Waals surface area contributed by atoms with Gasteiger partial charge in [0.2, 0.25) is 65.0 Å². The molecule has 3 heterocycles. The van der Waals surface area contributed by atoms with Gasteiger partial charge in [-0.05, 0) is 75.3 Å². The van der Waals surface area contributed by atoms with E-state index in [0.717, 1.165) is 6.92 Å². The van der Waals surface area contributed by atoms with Crippen LogP contribution in [-0.4, -0.2) is 232 Å². The first-order valence-corrected chi connectivity index (χ1v) is 33.7. The number of imidazole rings is 2. The van der Waals surface area contributed by atoms with Gasteiger partial charge in [0, 0.05) is 73.1 Å². The second-order valence-electron chi connectivity index (χ2n) is 25.9. The number of rotatable bonds is 45. The largest absolute Gasteiger partial charge is 0.481 e. The molecule has 0 unspecified atom stereocenters. The van der Waals surface area contributed by atoms with Crippen LogP contribution < -0.4 is 75.7 Å². The number of nitrogens with zero attached hydrogens (tertiary/aromatic N) is 3. The van der Waals surface area contributed by atoms with Gasteiger partial charge in [-0.2, -0.15) is 0 Å². The van der Waals surface area contributed by atoms with E-state index in [0.29, 0.717) is 27.9 Å². The fourth-order valence-corrected chi connectivity index (χ4v) is 10.5. The van der Waals surface area contributed by atoms with Crippen LogP contribution in [0.2, 0.25) is 0 Å². The van der Waals surface area contributed by atoms with Gasteiger partial charge in [0.05, 0.1) is 32.0 Å². The number of carboxylic acid groups (broad SMARTS) is 2. The maximum absolute atomic E-state index is 15.0. The van der Waals surface area contributed by atoms with E-state index < -0.39 is 187 Å². The summed E-state index contributed by atoms with van der Waals surface area (Å²) in [5.74, 6) is -15.1. The third kappa shape index (κ3) is 28.0. The fourth-order valence-electron chi connectivity index (χ4n) is 10.5. The van der Waals surface area contributed by atoms with Gasteiger partial charge < -0.3 is 116 Å². The topological polar surface area (TPSA) is 619 Å². The minimum atomic E-state index is -1.91. The normalized spacial score (nSPS) is 15.4. The van der Waals surface area contributed by atoms with Crippen molar-refractivity contribution in [1.29, 1.82) is 0 Å². The third-order valence-electron chi connectivity index (χ3n) is 16.5. The van der Waals surface area contributed by atoms with E-state index in [1.54, 1.807) is 72.0 Å². The number of carbonyl (C=O) groups is 13. The molecule has 0 saturated heterocycles. The molecule has 38 nitrogen and oxygen atoms in total. The Bertz CT molecular complexity index is 3520. The number of carboxylic acids is 2. The standard InChI is InChI=1S/C65H100N20O18/c1-9-33(6)52(85-55(93)41(15-12-18-71-65(67)68)76-58(96)45(22-37-25-69-29-73-37)80-62(100)51(66)35(8)88)63(101)81-46(23-38-26-70-30-74-38)59(97)79-44(21-36-24-72-40-14-11-10-13-39(36)40)57(95)77-42(16-17-50(89)90)54(92)84-48(27-86)60(98)75-34(7)53(91)83-49(28-87)61(99)78-43(19-31(2)3)56(94)82-47(64(102)103)20-32(4)5/h10-11,13-14,24-26,29-35,41-49,51-52,72,86-88H,9,12,15-23,27-28,66H2,1-8H3,(H,69,73)(H,70,74)(H,75,98)(H,76,96)(H,77,95)(H,78,99)(H,79,97)(H,80,100)(H,81,101)(H,82,94)(H,83,91)(H,84,92)(H,85,93)(H,89,90)(H,102,103)(H4,67,68,71)/t33-,34-,35+,41-,42-,43-,44-,45-,46-,47-,48-,49-,51-,52-/m0/s1. The summed E-state index contributed by atoms with van der Waals surface area (Å²) >= 11 is 0. The molecule has 0 aliphatic rings. The molecule has 0 fully saturated rings. The van der Waals surface area contributed by atoms with Crippen molar-refractivity contribution in [3.8, 4) is 0 Å². The lowest BCUT2D eigenvalue weighted by Crippen LogP contribution is -2.62. The van der Waals surface area contributed by atoms with Gasteiger partial charge in [-0.25, -0.2) is 14.8 Å². The van der Waals surface area contributed by atoms with E-state index >= 15 is 0 Å². The molecule has 0 radical (unpaired) electrons. The van der Waals surface area contributed by atoms with Crippen LogP contribution in [0.1, 0.15) is 117 Å². The first kappa shape index (κ1) is 84.8. The number of aliphatic carboxylic acids is 2. The van der Waals surface area contributed by atoms with E-state index in [-0.39, 0.29) is 75.7 Å². The zero-order valence-electron chi connectivity index (χ0n) is 58.7. The Kier molecular flexibility index (Phi) is 34.6. The highest BCUT2D eigenvalue weighted by Crippen LogP contribution is 2.21. The van der Waals surface area contributed by atoms with Gasteiger partial charge in [-0.1, -0.05) is 66.2 Å². The molecule has 0 saturated carbocycles. The van der Waals surface area contributed by atoms with E-state index in [4.69, 9.17) is 17.2 Å². The molecule has 14 atom stereocenters. The summed E-state index contributed by atoms with van der Waals surface area (Å²) in [6.45, 7) is 10.6. The molecule has 0 aliphatic carbocycles. The number of benzene rings is 1. The number of carbonyl (C=O) groups excluding carboxylic acids is 11. The number of aliphatic hydroxyl groups excluding tert-OH is 3. The number of aromatic nitrogens is 5. The second-order valence-corrected chi connectivity index (χ2v) is 25.9. The average Bonchev–Trinajstić information content (AvgIpc) is 1.73. The van der Waals surface area contributed by atoms with E-state index in [1.807, 2.05) is 0 Å². The maximum atomic E-state index is 15.0. The van der Waals surface area contributed by atoms with Crippen molar-refractivity contribution in [3.63, 3.8) is 0 Å². The van der Waals surface area contributed by atoms with Gasteiger partial charge in [0.25, 0.3) is 0 Å². The number of fused-ring (bicyclic) bond motifs is 1. The summed E-state index contributed by atoms with van der Waals surface area (Å²) in [4.78, 5) is 199. The third-order valence-corrected chi connectivity index (χ3v) is 16.5. The lowest BCUT2D eigenvalue weighted by molar-refractivity contribution is -0.143. The number of amides is 11.